The molecule has 1 amide bonds. The van der Waals surface area contributed by atoms with Gasteiger partial charge in [-0.3, -0.25) is 14.2 Å². The average Bonchev–Trinajstić information content (AvgIpc) is 3.03. The van der Waals surface area contributed by atoms with E-state index in [9.17, 15) is 9.59 Å². The Balaban J connectivity index is 1.59. The van der Waals surface area contributed by atoms with E-state index < -0.39 is 6.04 Å². The Morgan fingerprint density at radius 3 is 2.33 bits per heavy atom. The number of aromatic nitrogens is 2. The van der Waals surface area contributed by atoms with Crippen LogP contribution in [0.2, 0.25) is 0 Å². The van der Waals surface area contributed by atoms with Gasteiger partial charge in [0.05, 0.1) is 29.7 Å². The predicted octanol–water partition coefficient (Wildman–Crippen LogP) is 7.26. The first-order valence-electron chi connectivity index (χ1n) is 14.0. The largest absolute Gasteiger partial charge is 0.495 e. The molecule has 1 heterocycles. The summed E-state index contributed by atoms with van der Waals surface area (Å²) >= 11 is 0. The van der Waals surface area contributed by atoms with Gasteiger partial charge in [0.2, 0.25) is 0 Å². The molecule has 1 aromatic heterocycles. The van der Waals surface area contributed by atoms with E-state index in [1.54, 1.807) is 22.6 Å². The van der Waals surface area contributed by atoms with Crippen molar-refractivity contribution in [3.8, 4) is 11.4 Å². The Bertz CT molecular complexity index is 1980. The standard InChI is InChI=1S/C36H31N3O3/c1-24-20-21-33(42-3)32(22-24)39-34(37-31-19-10-9-17-30(31)36(39)41)25(2)38(23-26-12-5-4-6-13-26)35(40)29-18-11-15-27-14-7-8-16-28(27)29/h4-22,25H,23H2,1-3H3. The van der Waals surface area contributed by atoms with Gasteiger partial charge in [0.1, 0.15) is 11.6 Å². The predicted molar refractivity (Wildman–Crippen MR) is 167 cm³/mol. The van der Waals surface area contributed by atoms with Crippen LogP contribution in [0.25, 0.3) is 27.4 Å². The number of aryl methyl sites for hydroxylation is 1. The summed E-state index contributed by atoms with van der Waals surface area (Å²) in [6.07, 6.45) is 0. The normalized spacial score (nSPS) is 11.9. The minimum Gasteiger partial charge on any atom is -0.495 e. The lowest BCUT2D eigenvalue weighted by molar-refractivity contribution is 0.0666. The van der Waals surface area contributed by atoms with Gasteiger partial charge in [-0.05, 0) is 66.1 Å². The summed E-state index contributed by atoms with van der Waals surface area (Å²) in [6, 6.07) is 36.0. The van der Waals surface area contributed by atoms with Crippen molar-refractivity contribution in [2.75, 3.05) is 7.11 Å². The minimum atomic E-state index is -0.584. The van der Waals surface area contributed by atoms with Gasteiger partial charge in [-0.15, -0.1) is 0 Å². The first kappa shape index (κ1) is 27.0. The minimum absolute atomic E-state index is 0.145. The zero-order chi connectivity index (χ0) is 29.2. The number of nitrogens with zero attached hydrogens (tertiary/aromatic N) is 3. The number of amides is 1. The summed E-state index contributed by atoms with van der Waals surface area (Å²) in [5, 5.41) is 2.35. The fraction of sp³-hybridized carbons (Fsp3) is 0.139. The van der Waals surface area contributed by atoms with Crippen molar-refractivity contribution >= 4 is 27.6 Å². The molecule has 0 N–H and O–H groups in total. The van der Waals surface area contributed by atoms with Gasteiger partial charge in [-0.25, -0.2) is 4.98 Å². The van der Waals surface area contributed by atoms with Crippen molar-refractivity contribution < 1.29 is 9.53 Å². The third kappa shape index (κ3) is 4.92. The second-order valence-electron chi connectivity index (χ2n) is 10.4. The molecule has 6 heteroatoms. The van der Waals surface area contributed by atoms with Crippen LogP contribution >= 0.6 is 0 Å². The van der Waals surface area contributed by atoms with E-state index in [2.05, 4.69) is 0 Å². The van der Waals surface area contributed by atoms with Crippen LogP contribution in [-0.2, 0) is 6.54 Å². The molecule has 208 valence electrons. The van der Waals surface area contributed by atoms with Gasteiger partial charge in [0.25, 0.3) is 11.5 Å². The first-order valence-corrected chi connectivity index (χ1v) is 14.0. The van der Waals surface area contributed by atoms with Gasteiger partial charge in [0.15, 0.2) is 0 Å². The molecule has 0 aliphatic carbocycles. The maximum Gasteiger partial charge on any atom is 0.266 e. The highest BCUT2D eigenvalue weighted by molar-refractivity contribution is 6.07. The Labute approximate surface area is 244 Å². The molecule has 0 spiro atoms. The molecule has 6 nitrogen and oxygen atoms in total. The topological polar surface area (TPSA) is 64.4 Å². The maximum atomic E-state index is 14.5. The van der Waals surface area contributed by atoms with Crippen LogP contribution in [0.5, 0.6) is 5.75 Å². The van der Waals surface area contributed by atoms with Crippen LogP contribution in [0, 0.1) is 6.92 Å². The molecule has 0 radical (unpaired) electrons. The zero-order valence-electron chi connectivity index (χ0n) is 23.8. The third-order valence-corrected chi connectivity index (χ3v) is 7.69. The van der Waals surface area contributed by atoms with Crippen LogP contribution in [0.3, 0.4) is 0 Å². The van der Waals surface area contributed by atoms with Crippen LogP contribution in [0.4, 0.5) is 0 Å². The number of para-hydroxylation sites is 1. The van der Waals surface area contributed by atoms with E-state index in [1.807, 2.05) is 123 Å². The summed E-state index contributed by atoms with van der Waals surface area (Å²) in [4.78, 5) is 35.6. The second kappa shape index (κ2) is 11.3. The number of carbonyl (C=O) groups excluding carboxylic acids is 1. The first-order chi connectivity index (χ1) is 20.5. The van der Waals surface area contributed by atoms with Crippen molar-refractivity contribution in [2.45, 2.75) is 26.4 Å². The van der Waals surface area contributed by atoms with Gasteiger partial charge >= 0.3 is 0 Å². The zero-order valence-corrected chi connectivity index (χ0v) is 23.8. The maximum absolute atomic E-state index is 14.5. The average molecular weight is 554 g/mol. The molecule has 0 fully saturated rings. The van der Waals surface area contributed by atoms with Crippen LogP contribution in [0.15, 0.2) is 120 Å². The highest BCUT2D eigenvalue weighted by Crippen LogP contribution is 2.31. The molecule has 42 heavy (non-hydrogen) atoms. The van der Waals surface area contributed by atoms with Crippen LogP contribution in [-0.4, -0.2) is 27.5 Å². The van der Waals surface area contributed by atoms with E-state index in [0.29, 0.717) is 40.3 Å². The Hall–Kier alpha value is -5.23. The number of methoxy groups -OCH3 is 1. The van der Waals surface area contributed by atoms with Crippen molar-refractivity contribution in [3.63, 3.8) is 0 Å². The molecule has 0 saturated carbocycles. The lowest BCUT2D eigenvalue weighted by atomic mass is 10.0. The number of rotatable bonds is 7. The van der Waals surface area contributed by atoms with Gasteiger partial charge in [-0.1, -0.05) is 84.9 Å². The lowest BCUT2D eigenvalue weighted by Crippen LogP contribution is -2.37. The summed E-state index contributed by atoms with van der Waals surface area (Å²) in [6.45, 7) is 4.23. The molecule has 5 aromatic carbocycles. The molecule has 1 unspecified atom stereocenters. The Kier molecular flexibility index (Phi) is 7.28. The summed E-state index contributed by atoms with van der Waals surface area (Å²) in [7, 11) is 1.59. The molecular weight excluding hydrogens is 522 g/mol. The van der Waals surface area contributed by atoms with E-state index in [0.717, 1.165) is 21.9 Å². The molecule has 0 saturated heterocycles. The second-order valence-corrected chi connectivity index (χ2v) is 10.4. The van der Waals surface area contributed by atoms with Gasteiger partial charge < -0.3 is 9.64 Å². The van der Waals surface area contributed by atoms with Crippen molar-refractivity contribution in [2.24, 2.45) is 0 Å². The monoisotopic (exact) mass is 553 g/mol. The number of carbonyl (C=O) groups is 1. The SMILES string of the molecule is COc1ccc(C)cc1-n1c(C(C)N(Cc2ccccc2)C(=O)c2cccc3ccccc23)nc2ccccc2c1=O. The molecule has 0 aliphatic heterocycles. The highest BCUT2D eigenvalue weighted by Gasteiger charge is 2.29. The molecule has 1 atom stereocenters. The smallest absolute Gasteiger partial charge is 0.266 e. The number of fused-ring (bicyclic) bond motifs is 2. The van der Waals surface area contributed by atoms with E-state index in [4.69, 9.17) is 9.72 Å². The van der Waals surface area contributed by atoms with E-state index in [-0.39, 0.29) is 11.5 Å². The number of hydrogen-bond acceptors (Lipinski definition) is 4. The number of hydrogen-bond donors (Lipinski definition) is 0. The van der Waals surface area contributed by atoms with Crippen molar-refractivity contribution in [3.05, 3.63) is 148 Å². The fourth-order valence-corrected chi connectivity index (χ4v) is 5.51. The van der Waals surface area contributed by atoms with Gasteiger partial charge in [0, 0.05) is 12.1 Å². The van der Waals surface area contributed by atoms with Crippen molar-refractivity contribution in [1.82, 2.24) is 14.5 Å². The summed E-state index contributed by atoms with van der Waals surface area (Å²) in [5.41, 5.74) is 3.48. The summed E-state index contributed by atoms with van der Waals surface area (Å²) in [5.74, 6) is 0.851. The quantitative estimate of drug-likeness (QED) is 0.209. The molecule has 6 rings (SSSR count). The molecular formula is C36H31N3O3. The third-order valence-electron chi connectivity index (χ3n) is 7.69. The van der Waals surface area contributed by atoms with E-state index in [1.165, 1.54) is 0 Å². The van der Waals surface area contributed by atoms with Crippen LogP contribution < -0.4 is 10.3 Å². The summed E-state index contributed by atoms with van der Waals surface area (Å²) < 4.78 is 7.31. The Morgan fingerprint density at radius 2 is 1.55 bits per heavy atom. The number of benzene rings is 5. The van der Waals surface area contributed by atoms with Crippen molar-refractivity contribution in [1.29, 1.82) is 0 Å². The van der Waals surface area contributed by atoms with Crippen LogP contribution in [0.1, 0.15) is 40.3 Å². The lowest BCUT2D eigenvalue weighted by Gasteiger charge is -2.31. The fourth-order valence-electron chi connectivity index (χ4n) is 5.51. The molecule has 6 aromatic rings. The Morgan fingerprint density at radius 1 is 0.857 bits per heavy atom. The van der Waals surface area contributed by atoms with E-state index >= 15 is 0 Å². The molecule has 0 aliphatic rings. The van der Waals surface area contributed by atoms with Gasteiger partial charge in [-0.2, -0.15) is 0 Å². The highest BCUT2D eigenvalue weighted by atomic mass is 16.5. The molecule has 0 bridgehead atoms. The number of ether oxygens (including phenoxy) is 1.